The molecule has 3 rings (SSSR count). The number of piperazine rings is 1. The Morgan fingerprint density at radius 1 is 1.36 bits per heavy atom. The van der Waals surface area contributed by atoms with Crippen LogP contribution in [0.4, 0.5) is 11.4 Å². The number of nitriles is 1. The lowest BCUT2D eigenvalue weighted by atomic mass is 10.1. The van der Waals surface area contributed by atoms with Gasteiger partial charge in [-0.25, -0.2) is 0 Å². The van der Waals surface area contributed by atoms with E-state index in [9.17, 15) is 20.2 Å². The Morgan fingerprint density at radius 3 is 2.60 bits per heavy atom. The molecular formula is C17H21N5O3. The summed E-state index contributed by atoms with van der Waals surface area (Å²) in [7, 11) is 0. The van der Waals surface area contributed by atoms with Gasteiger partial charge < -0.3 is 10.2 Å². The summed E-state index contributed by atoms with van der Waals surface area (Å²) >= 11 is 0. The first-order valence-electron chi connectivity index (χ1n) is 8.47. The van der Waals surface area contributed by atoms with Gasteiger partial charge in [0.15, 0.2) is 0 Å². The molecule has 2 aliphatic rings. The molecule has 1 aromatic rings. The second-order valence-electron chi connectivity index (χ2n) is 6.55. The maximum Gasteiger partial charge on any atom is 0.270 e. The first-order chi connectivity index (χ1) is 12.0. The van der Waals surface area contributed by atoms with E-state index in [1.54, 1.807) is 6.07 Å². The monoisotopic (exact) mass is 343 g/mol. The number of rotatable bonds is 5. The number of nitrogens with one attached hydrogen (secondary N) is 1. The maximum absolute atomic E-state index is 12.2. The van der Waals surface area contributed by atoms with Crippen LogP contribution in [0, 0.1) is 21.4 Å². The smallest absolute Gasteiger partial charge is 0.270 e. The van der Waals surface area contributed by atoms with E-state index in [4.69, 9.17) is 0 Å². The number of nitro benzene ring substituents is 1. The zero-order valence-corrected chi connectivity index (χ0v) is 14.1. The van der Waals surface area contributed by atoms with Crippen molar-refractivity contribution in [3.05, 3.63) is 33.9 Å². The van der Waals surface area contributed by atoms with Crippen molar-refractivity contribution in [1.29, 1.82) is 5.26 Å². The SMILES string of the molecule is CC(C(=O)NC1CC1)N1CCN(c2ccc([N+](=O)[O-])cc2C#N)CC1. The summed E-state index contributed by atoms with van der Waals surface area (Å²) in [6, 6.07) is 6.60. The standard InChI is InChI=1S/C17H21N5O3/c1-12(17(23)19-14-2-3-14)20-6-8-21(9-7-20)16-5-4-15(22(24)25)10-13(16)11-18/h4-5,10,12,14H,2-3,6-9H2,1H3,(H,19,23). The summed E-state index contributed by atoms with van der Waals surface area (Å²) in [5.41, 5.74) is 0.939. The molecule has 1 unspecified atom stereocenters. The van der Waals surface area contributed by atoms with Gasteiger partial charge >= 0.3 is 0 Å². The largest absolute Gasteiger partial charge is 0.368 e. The van der Waals surface area contributed by atoms with Crippen molar-refractivity contribution >= 4 is 17.3 Å². The highest BCUT2D eigenvalue weighted by molar-refractivity contribution is 5.82. The van der Waals surface area contributed by atoms with E-state index in [1.807, 2.05) is 17.9 Å². The second-order valence-corrected chi connectivity index (χ2v) is 6.55. The van der Waals surface area contributed by atoms with Gasteiger partial charge in [-0.1, -0.05) is 0 Å². The number of nitrogens with zero attached hydrogens (tertiary/aromatic N) is 4. The Hall–Kier alpha value is -2.66. The van der Waals surface area contributed by atoms with E-state index in [1.165, 1.54) is 12.1 Å². The van der Waals surface area contributed by atoms with Gasteiger partial charge in [0, 0.05) is 44.4 Å². The van der Waals surface area contributed by atoms with Crippen molar-refractivity contribution in [2.75, 3.05) is 31.1 Å². The van der Waals surface area contributed by atoms with Gasteiger partial charge in [-0.2, -0.15) is 5.26 Å². The lowest BCUT2D eigenvalue weighted by Gasteiger charge is -2.38. The van der Waals surface area contributed by atoms with Crippen LogP contribution in [0.3, 0.4) is 0 Å². The van der Waals surface area contributed by atoms with Crippen molar-refractivity contribution in [1.82, 2.24) is 10.2 Å². The third-order valence-corrected chi connectivity index (χ3v) is 4.82. The van der Waals surface area contributed by atoms with Gasteiger partial charge in [0.2, 0.25) is 5.91 Å². The topological polar surface area (TPSA) is 103 Å². The van der Waals surface area contributed by atoms with Gasteiger partial charge in [-0.3, -0.25) is 19.8 Å². The van der Waals surface area contributed by atoms with Crippen LogP contribution in [0.15, 0.2) is 18.2 Å². The Labute approximate surface area is 146 Å². The number of nitro groups is 1. The van der Waals surface area contributed by atoms with E-state index in [-0.39, 0.29) is 17.6 Å². The molecule has 1 saturated heterocycles. The summed E-state index contributed by atoms with van der Waals surface area (Å²) in [6.07, 6.45) is 2.15. The molecule has 0 radical (unpaired) electrons. The number of carbonyl (C=O) groups excluding carboxylic acids is 1. The van der Waals surface area contributed by atoms with Crippen molar-refractivity contribution in [2.24, 2.45) is 0 Å². The predicted octanol–water partition coefficient (Wildman–Crippen LogP) is 1.26. The molecule has 1 saturated carbocycles. The van der Waals surface area contributed by atoms with E-state index >= 15 is 0 Å². The number of carbonyl (C=O) groups is 1. The molecule has 2 fully saturated rings. The van der Waals surface area contributed by atoms with Crippen LogP contribution >= 0.6 is 0 Å². The Balaban J connectivity index is 1.63. The molecule has 1 amide bonds. The highest BCUT2D eigenvalue weighted by Gasteiger charge is 2.30. The second kappa shape index (κ2) is 7.07. The number of hydrogen-bond acceptors (Lipinski definition) is 6. The van der Waals surface area contributed by atoms with Gasteiger partial charge in [-0.15, -0.1) is 0 Å². The highest BCUT2D eigenvalue weighted by atomic mass is 16.6. The number of non-ortho nitro benzene ring substituents is 1. The molecule has 1 N–H and O–H groups in total. The summed E-state index contributed by atoms with van der Waals surface area (Å²) in [4.78, 5) is 26.7. The molecule has 0 spiro atoms. The first-order valence-corrected chi connectivity index (χ1v) is 8.47. The molecule has 8 nitrogen and oxygen atoms in total. The lowest BCUT2D eigenvalue weighted by molar-refractivity contribution is -0.384. The fourth-order valence-electron chi connectivity index (χ4n) is 3.07. The first kappa shape index (κ1) is 17.2. The van der Waals surface area contributed by atoms with Gasteiger partial charge in [-0.05, 0) is 25.8 Å². The molecule has 132 valence electrons. The molecule has 1 aromatic carbocycles. The van der Waals surface area contributed by atoms with E-state index < -0.39 is 4.92 Å². The minimum absolute atomic E-state index is 0.0731. The van der Waals surface area contributed by atoms with Crippen LogP contribution in [0.25, 0.3) is 0 Å². The highest BCUT2D eigenvalue weighted by Crippen LogP contribution is 2.26. The zero-order chi connectivity index (χ0) is 18.0. The van der Waals surface area contributed by atoms with Crippen LogP contribution in [0.1, 0.15) is 25.3 Å². The summed E-state index contributed by atoms with van der Waals surface area (Å²) < 4.78 is 0. The minimum atomic E-state index is -0.497. The van der Waals surface area contributed by atoms with Crippen LogP contribution in [0.5, 0.6) is 0 Å². The average molecular weight is 343 g/mol. The normalized spacial score (nSPS) is 19.1. The predicted molar refractivity (Wildman–Crippen MR) is 92.2 cm³/mol. The van der Waals surface area contributed by atoms with Crippen LogP contribution in [-0.2, 0) is 4.79 Å². The van der Waals surface area contributed by atoms with Crippen molar-refractivity contribution in [3.8, 4) is 6.07 Å². The van der Waals surface area contributed by atoms with E-state index in [2.05, 4.69) is 10.2 Å². The summed E-state index contributed by atoms with van der Waals surface area (Å²) in [5.74, 6) is 0.0731. The van der Waals surface area contributed by atoms with Crippen LogP contribution in [0.2, 0.25) is 0 Å². The third-order valence-electron chi connectivity index (χ3n) is 4.82. The van der Waals surface area contributed by atoms with Crippen LogP contribution < -0.4 is 10.2 Å². The molecule has 1 atom stereocenters. The Bertz CT molecular complexity index is 717. The van der Waals surface area contributed by atoms with Crippen molar-refractivity contribution in [2.45, 2.75) is 31.8 Å². The summed E-state index contributed by atoms with van der Waals surface area (Å²) in [6.45, 7) is 4.68. The van der Waals surface area contributed by atoms with E-state index in [0.29, 0.717) is 43.5 Å². The number of benzene rings is 1. The molecule has 1 aliphatic carbocycles. The molecule has 25 heavy (non-hydrogen) atoms. The fourth-order valence-corrected chi connectivity index (χ4v) is 3.07. The molecule has 0 bridgehead atoms. The maximum atomic E-state index is 12.2. The van der Waals surface area contributed by atoms with Gasteiger partial charge in [0.1, 0.15) is 6.07 Å². The number of anilines is 1. The Kier molecular flexibility index (Phi) is 4.86. The van der Waals surface area contributed by atoms with Gasteiger partial charge in [0.05, 0.1) is 22.2 Å². The zero-order valence-electron chi connectivity index (χ0n) is 14.1. The molecule has 0 aromatic heterocycles. The Morgan fingerprint density at radius 2 is 2.04 bits per heavy atom. The third kappa shape index (κ3) is 3.88. The van der Waals surface area contributed by atoms with Crippen LogP contribution in [-0.4, -0.2) is 54.0 Å². The molecule has 1 aliphatic heterocycles. The van der Waals surface area contributed by atoms with Crippen molar-refractivity contribution < 1.29 is 9.72 Å². The molecular weight excluding hydrogens is 322 g/mol. The minimum Gasteiger partial charge on any atom is -0.368 e. The lowest BCUT2D eigenvalue weighted by Crippen LogP contribution is -2.54. The quantitative estimate of drug-likeness (QED) is 0.638. The average Bonchev–Trinajstić information content (AvgIpc) is 3.44. The van der Waals surface area contributed by atoms with E-state index in [0.717, 1.165) is 12.8 Å². The van der Waals surface area contributed by atoms with Crippen molar-refractivity contribution in [3.63, 3.8) is 0 Å². The molecule has 8 heteroatoms. The fraction of sp³-hybridized carbons (Fsp3) is 0.529. The number of hydrogen-bond donors (Lipinski definition) is 1. The molecule has 1 heterocycles. The van der Waals surface area contributed by atoms with Gasteiger partial charge in [0.25, 0.3) is 5.69 Å². The number of amides is 1. The summed E-state index contributed by atoms with van der Waals surface area (Å²) in [5, 5.41) is 23.2.